The number of non-ortho nitro benzene ring substituents is 1. The number of nitrogens with one attached hydrogen (secondary N) is 1. The van der Waals surface area contributed by atoms with Crippen molar-refractivity contribution >= 4 is 11.4 Å². The lowest BCUT2D eigenvalue weighted by molar-refractivity contribution is -0.385. The Morgan fingerprint density at radius 3 is 2.70 bits per heavy atom. The predicted octanol–water partition coefficient (Wildman–Crippen LogP) is 4.75. The van der Waals surface area contributed by atoms with E-state index in [9.17, 15) is 10.1 Å². The molecule has 0 radical (unpaired) electrons. The van der Waals surface area contributed by atoms with Crippen molar-refractivity contribution in [2.75, 3.05) is 19.5 Å². The number of methoxy groups -OCH3 is 2. The van der Waals surface area contributed by atoms with Gasteiger partial charge in [0.15, 0.2) is 11.5 Å². The second kappa shape index (κ2) is 6.61. The van der Waals surface area contributed by atoms with Crippen LogP contribution in [0.15, 0.2) is 42.5 Å². The Bertz CT molecular complexity index is 938. The maximum absolute atomic E-state index is 11.3. The standard InChI is InChI=1S/C21H22N2O4/c1-12-10-13(23(24)25)11-17-14-6-4-7-15(14)20(22-19(12)17)16-8-5-9-18(26-2)21(16)27-3/h4-6,8-11,14-15,20,22H,7H2,1-3H3/t14-,15+,20-/m1/s1. The fourth-order valence-corrected chi connectivity index (χ4v) is 4.44. The molecule has 1 heterocycles. The zero-order valence-corrected chi connectivity index (χ0v) is 15.6. The van der Waals surface area contributed by atoms with Crippen LogP contribution in [0.4, 0.5) is 11.4 Å². The van der Waals surface area contributed by atoms with Gasteiger partial charge in [0.25, 0.3) is 5.69 Å². The SMILES string of the molecule is COc1cccc([C@@H]2Nc3c(C)cc([N+](=O)[O-])cc3[C@@H]3C=CC[C@@H]32)c1OC. The monoisotopic (exact) mass is 366 g/mol. The second-order valence-electron chi connectivity index (χ2n) is 7.04. The van der Waals surface area contributed by atoms with Gasteiger partial charge in [-0.05, 0) is 36.5 Å². The minimum atomic E-state index is -0.321. The van der Waals surface area contributed by atoms with Gasteiger partial charge in [0.2, 0.25) is 0 Å². The van der Waals surface area contributed by atoms with Gasteiger partial charge in [-0.1, -0.05) is 24.3 Å². The van der Waals surface area contributed by atoms with E-state index < -0.39 is 0 Å². The molecule has 2 aliphatic rings. The van der Waals surface area contributed by atoms with Crippen LogP contribution in [0.2, 0.25) is 0 Å². The molecule has 6 heteroatoms. The lowest BCUT2D eigenvalue weighted by Gasteiger charge is -2.38. The molecule has 0 fully saturated rings. The topological polar surface area (TPSA) is 73.6 Å². The Morgan fingerprint density at radius 2 is 2.00 bits per heavy atom. The zero-order chi connectivity index (χ0) is 19.1. The van der Waals surface area contributed by atoms with Gasteiger partial charge in [0, 0.05) is 29.3 Å². The second-order valence-corrected chi connectivity index (χ2v) is 7.04. The Morgan fingerprint density at radius 1 is 1.19 bits per heavy atom. The molecule has 0 spiro atoms. The summed E-state index contributed by atoms with van der Waals surface area (Å²) >= 11 is 0. The van der Waals surface area contributed by atoms with Crippen LogP contribution in [0.5, 0.6) is 11.5 Å². The number of nitro groups is 1. The van der Waals surface area contributed by atoms with E-state index in [1.807, 2.05) is 19.1 Å². The van der Waals surface area contributed by atoms with Crippen LogP contribution >= 0.6 is 0 Å². The van der Waals surface area contributed by atoms with Crippen LogP contribution in [-0.2, 0) is 0 Å². The molecule has 0 unspecified atom stereocenters. The van der Waals surface area contributed by atoms with E-state index in [1.54, 1.807) is 26.4 Å². The third kappa shape index (κ3) is 2.72. The lowest BCUT2D eigenvalue weighted by atomic mass is 9.76. The van der Waals surface area contributed by atoms with Crippen LogP contribution < -0.4 is 14.8 Å². The molecular weight excluding hydrogens is 344 g/mol. The number of ether oxygens (including phenoxy) is 2. The van der Waals surface area contributed by atoms with E-state index in [2.05, 4.69) is 23.5 Å². The molecule has 1 N–H and O–H groups in total. The van der Waals surface area contributed by atoms with Gasteiger partial charge >= 0.3 is 0 Å². The van der Waals surface area contributed by atoms with E-state index in [-0.39, 0.29) is 28.5 Å². The number of benzene rings is 2. The van der Waals surface area contributed by atoms with Crippen LogP contribution in [0, 0.1) is 23.0 Å². The first kappa shape index (κ1) is 17.4. The fourth-order valence-electron chi connectivity index (χ4n) is 4.44. The third-order valence-corrected chi connectivity index (χ3v) is 5.63. The molecule has 2 aromatic rings. The first-order valence-electron chi connectivity index (χ1n) is 8.98. The maximum Gasteiger partial charge on any atom is 0.270 e. The van der Waals surface area contributed by atoms with Crippen molar-refractivity contribution in [1.82, 2.24) is 0 Å². The van der Waals surface area contributed by atoms with E-state index in [0.29, 0.717) is 5.75 Å². The molecule has 0 saturated carbocycles. The first-order valence-corrected chi connectivity index (χ1v) is 8.98. The smallest absolute Gasteiger partial charge is 0.270 e. The number of nitro benzene ring substituents is 1. The van der Waals surface area contributed by atoms with Crippen molar-refractivity contribution in [3.05, 3.63) is 69.3 Å². The largest absolute Gasteiger partial charge is 0.493 e. The molecule has 27 heavy (non-hydrogen) atoms. The summed E-state index contributed by atoms with van der Waals surface area (Å²) in [4.78, 5) is 11.0. The highest BCUT2D eigenvalue weighted by molar-refractivity contribution is 5.68. The molecule has 6 nitrogen and oxygen atoms in total. The summed E-state index contributed by atoms with van der Waals surface area (Å²) in [5.74, 6) is 1.83. The van der Waals surface area contributed by atoms with Crippen LogP contribution in [0.3, 0.4) is 0 Å². The fraction of sp³-hybridized carbons (Fsp3) is 0.333. The lowest BCUT2D eigenvalue weighted by Crippen LogP contribution is -2.30. The van der Waals surface area contributed by atoms with E-state index in [4.69, 9.17) is 9.47 Å². The minimum Gasteiger partial charge on any atom is -0.493 e. The number of hydrogen-bond acceptors (Lipinski definition) is 5. The zero-order valence-electron chi connectivity index (χ0n) is 15.6. The Kier molecular flexibility index (Phi) is 4.26. The maximum atomic E-state index is 11.3. The van der Waals surface area contributed by atoms with Gasteiger partial charge in [-0.2, -0.15) is 0 Å². The normalized spacial score (nSPS) is 22.6. The minimum absolute atomic E-state index is 0.0303. The van der Waals surface area contributed by atoms with E-state index in [1.165, 1.54) is 0 Å². The molecule has 3 atom stereocenters. The quantitative estimate of drug-likeness (QED) is 0.480. The van der Waals surface area contributed by atoms with Crippen molar-refractivity contribution in [3.8, 4) is 11.5 Å². The highest BCUT2D eigenvalue weighted by atomic mass is 16.6. The van der Waals surface area contributed by atoms with Gasteiger partial charge < -0.3 is 14.8 Å². The summed E-state index contributed by atoms with van der Waals surface area (Å²) in [6.07, 6.45) is 5.25. The van der Waals surface area contributed by atoms with Crippen molar-refractivity contribution in [3.63, 3.8) is 0 Å². The Hall–Kier alpha value is -3.02. The van der Waals surface area contributed by atoms with Gasteiger partial charge in [-0.3, -0.25) is 10.1 Å². The number of fused-ring (bicyclic) bond motifs is 3. The predicted molar refractivity (Wildman–Crippen MR) is 104 cm³/mol. The number of rotatable bonds is 4. The average Bonchev–Trinajstić information content (AvgIpc) is 3.16. The Labute approximate surface area is 158 Å². The summed E-state index contributed by atoms with van der Waals surface area (Å²) in [6, 6.07) is 9.28. The van der Waals surface area contributed by atoms with Crippen molar-refractivity contribution in [2.45, 2.75) is 25.3 Å². The van der Waals surface area contributed by atoms with Crippen molar-refractivity contribution in [1.29, 1.82) is 0 Å². The molecule has 0 bridgehead atoms. The van der Waals surface area contributed by atoms with Gasteiger partial charge in [-0.25, -0.2) is 0 Å². The number of para-hydroxylation sites is 1. The van der Waals surface area contributed by atoms with Crippen LogP contribution in [-0.4, -0.2) is 19.1 Å². The Balaban J connectivity index is 1.85. The van der Waals surface area contributed by atoms with Gasteiger partial charge in [-0.15, -0.1) is 0 Å². The van der Waals surface area contributed by atoms with Gasteiger partial charge in [0.05, 0.1) is 25.2 Å². The summed E-state index contributed by atoms with van der Waals surface area (Å²) in [5, 5.41) is 15.0. The highest BCUT2D eigenvalue weighted by Crippen LogP contribution is 2.53. The molecule has 4 rings (SSSR count). The summed E-state index contributed by atoms with van der Waals surface area (Å²) in [6.45, 7) is 1.91. The van der Waals surface area contributed by atoms with Crippen molar-refractivity contribution < 1.29 is 14.4 Å². The molecule has 0 aromatic heterocycles. The molecule has 140 valence electrons. The molecule has 0 saturated heterocycles. The molecule has 2 aromatic carbocycles. The van der Waals surface area contributed by atoms with Crippen LogP contribution in [0.25, 0.3) is 0 Å². The summed E-state index contributed by atoms with van der Waals surface area (Å²) in [5.41, 5.74) is 4.04. The van der Waals surface area contributed by atoms with E-state index >= 15 is 0 Å². The summed E-state index contributed by atoms with van der Waals surface area (Å²) in [7, 11) is 3.28. The van der Waals surface area contributed by atoms with E-state index in [0.717, 1.165) is 34.5 Å². The first-order chi connectivity index (χ1) is 13.0. The highest BCUT2D eigenvalue weighted by Gasteiger charge is 2.40. The number of anilines is 1. The molecular formula is C21H22N2O4. The number of hydrogen-bond donors (Lipinski definition) is 1. The van der Waals surface area contributed by atoms with Gasteiger partial charge in [0.1, 0.15) is 0 Å². The third-order valence-electron chi connectivity index (χ3n) is 5.63. The number of nitrogens with zero attached hydrogens (tertiary/aromatic N) is 1. The number of allylic oxidation sites excluding steroid dienone is 2. The molecule has 1 aliphatic heterocycles. The van der Waals surface area contributed by atoms with Crippen LogP contribution in [0.1, 0.15) is 35.1 Å². The molecule has 0 amide bonds. The number of aryl methyl sites for hydroxylation is 1. The molecule has 1 aliphatic carbocycles. The van der Waals surface area contributed by atoms with Crippen molar-refractivity contribution in [2.24, 2.45) is 5.92 Å². The summed E-state index contributed by atoms with van der Waals surface area (Å²) < 4.78 is 11.1. The average molecular weight is 366 g/mol.